The second-order valence-electron chi connectivity index (χ2n) is 9.33. The molecule has 5 heteroatoms. The van der Waals surface area contributed by atoms with Crippen LogP contribution < -0.4 is 15.5 Å². The summed E-state index contributed by atoms with van der Waals surface area (Å²) >= 11 is 0. The van der Waals surface area contributed by atoms with Crippen LogP contribution in [0.3, 0.4) is 0 Å². The van der Waals surface area contributed by atoms with E-state index in [0.717, 1.165) is 51.4 Å². The van der Waals surface area contributed by atoms with E-state index in [4.69, 9.17) is 0 Å². The van der Waals surface area contributed by atoms with Gasteiger partial charge in [-0.25, -0.2) is 0 Å². The van der Waals surface area contributed by atoms with Crippen molar-refractivity contribution in [1.82, 2.24) is 0 Å². The molecule has 1 aliphatic carbocycles. The van der Waals surface area contributed by atoms with Crippen LogP contribution in [0.4, 0.5) is 11.4 Å². The van der Waals surface area contributed by atoms with E-state index in [0.29, 0.717) is 19.1 Å². The zero-order valence-corrected chi connectivity index (χ0v) is 20.0. The number of benzene rings is 2. The van der Waals surface area contributed by atoms with Crippen LogP contribution in [0, 0.1) is 27.7 Å². The van der Waals surface area contributed by atoms with Crippen molar-refractivity contribution in [2.45, 2.75) is 72.3 Å². The third-order valence-corrected chi connectivity index (χ3v) is 6.70. The van der Waals surface area contributed by atoms with Gasteiger partial charge < -0.3 is 15.5 Å². The van der Waals surface area contributed by atoms with Crippen molar-refractivity contribution in [2.75, 3.05) is 23.7 Å². The predicted molar refractivity (Wildman–Crippen MR) is 131 cm³/mol. The highest BCUT2D eigenvalue weighted by atomic mass is 16.2. The van der Waals surface area contributed by atoms with E-state index < -0.39 is 0 Å². The van der Waals surface area contributed by atoms with E-state index in [1.165, 1.54) is 25.7 Å². The van der Waals surface area contributed by atoms with Crippen LogP contribution in [0.1, 0.15) is 60.8 Å². The van der Waals surface area contributed by atoms with Crippen LogP contribution >= 0.6 is 0 Å². The molecule has 0 bridgehead atoms. The van der Waals surface area contributed by atoms with Crippen molar-refractivity contribution < 1.29 is 14.5 Å². The molecule has 0 heterocycles. The first kappa shape index (κ1) is 24.0. The average Bonchev–Trinajstić information content (AvgIpc) is 3.03. The van der Waals surface area contributed by atoms with Gasteiger partial charge >= 0.3 is 0 Å². The SMILES string of the molecule is Cc1cccc(C)c1NC(=O)C[NH+](CC(=O)Nc1c(C)cccc1C)C1CCCCCC1. The Balaban J connectivity index is 1.73. The second-order valence-corrected chi connectivity index (χ2v) is 9.33. The van der Waals surface area contributed by atoms with Crippen molar-refractivity contribution in [1.29, 1.82) is 0 Å². The Morgan fingerprint density at radius 2 is 1.09 bits per heavy atom. The van der Waals surface area contributed by atoms with Gasteiger partial charge in [0.1, 0.15) is 0 Å². The molecule has 2 aromatic rings. The van der Waals surface area contributed by atoms with Crippen LogP contribution in [0.15, 0.2) is 36.4 Å². The maximum atomic E-state index is 13.0. The maximum Gasteiger partial charge on any atom is 0.279 e. The normalized spacial score (nSPS) is 14.8. The molecule has 0 unspecified atom stereocenters. The van der Waals surface area contributed by atoms with Gasteiger partial charge in [-0.3, -0.25) is 9.59 Å². The first-order valence-corrected chi connectivity index (χ1v) is 11.9. The third kappa shape index (κ3) is 6.42. The summed E-state index contributed by atoms with van der Waals surface area (Å²) in [7, 11) is 0. The quantitative estimate of drug-likeness (QED) is 0.572. The highest BCUT2D eigenvalue weighted by molar-refractivity contribution is 5.94. The molecule has 3 N–H and O–H groups in total. The maximum absolute atomic E-state index is 13.0. The molecule has 3 rings (SSSR count). The number of nitrogens with one attached hydrogen (secondary N) is 3. The zero-order valence-electron chi connectivity index (χ0n) is 20.0. The summed E-state index contributed by atoms with van der Waals surface area (Å²) in [5.41, 5.74) is 6.00. The summed E-state index contributed by atoms with van der Waals surface area (Å²) in [6.45, 7) is 8.65. The molecule has 2 amide bonds. The molecule has 0 aromatic heterocycles. The van der Waals surface area contributed by atoms with E-state index in [1.807, 2.05) is 64.1 Å². The summed E-state index contributed by atoms with van der Waals surface area (Å²) in [6.07, 6.45) is 6.97. The molecule has 0 spiro atoms. The minimum absolute atomic E-state index is 0.0264. The summed E-state index contributed by atoms with van der Waals surface area (Å²) < 4.78 is 0. The minimum Gasteiger partial charge on any atom is -0.321 e. The predicted octanol–water partition coefficient (Wildman–Crippen LogP) is 4.11. The summed E-state index contributed by atoms with van der Waals surface area (Å²) in [5, 5.41) is 6.23. The van der Waals surface area contributed by atoms with Crippen molar-refractivity contribution in [3.05, 3.63) is 58.7 Å². The van der Waals surface area contributed by atoms with Gasteiger partial charge in [0.15, 0.2) is 13.1 Å². The smallest absolute Gasteiger partial charge is 0.279 e. The van der Waals surface area contributed by atoms with Gasteiger partial charge in [-0.15, -0.1) is 0 Å². The van der Waals surface area contributed by atoms with E-state index in [2.05, 4.69) is 10.6 Å². The molecule has 0 radical (unpaired) electrons. The van der Waals surface area contributed by atoms with Crippen LogP contribution in [-0.4, -0.2) is 30.9 Å². The highest BCUT2D eigenvalue weighted by Crippen LogP contribution is 2.20. The Labute approximate surface area is 192 Å². The van der Waals surface area contributed by atoms with Crippen LogP contribution in [0.2, 0.25) is 0 Å². The first-order valence-electron chi connectivity index (χ1n) is 11.9. The van der Waals surface area contributed by atoms with E-state index in [-0.39, 0.29) is 11.8 Å². The molecule has 32 heavy (non-hydrogen) atoms. The average molecular weight is 437 g/mol. The van der Waals surface area contributed by atoms with Gasteiger partial charge in [-0.05, 0) is 75.6 Å². The minimum atomic E-state index is -0.0264. The lowest BCUT2D eigenvalue weighted by molar-refractivity contribution is -0.910. The molecule has 0 saturated heterocycles. The lowest BCUT2D eigenvalue weighted by Gasteiger charge is -2.27. The van der Waals surface area contributed by atoms with Crippen molar-refractivity contribution in [3.8, 4) is 0 Å². The van der Waals surface area contributed by atoms with E-state index >= 15 is 0 Å². The van der Waals surface area contributed by atoms with Gasteiger partial charge in [0, 0.05) is 11.4 Å². The zero-order chi connectivity index (χ0) is 23.1. The fourth-order valence-electron chi connectivity index (χ4n) is 4.84. The first-order chi connectivity index (χ1) is 15.3. The van der Waals surface area contributed by atoms with Crippen LogP contribution in [0.5, 0.6) is 0 Å². The molecule has 5 nitrogen and oxygen atoms in total. The number of hydrogen-bond donors (Lipinski definition) is 3. The summed E-state index contributed by atoms with van der Waals surface area (Å²) in [4.78, 5) is 27.1. The van der Waals surface area contributed by atoms with Gasteiger partial charge in [0.05, 0.1) is 6.04 Å². The Bertz CT molecular complexity index is 838. The summed E-state index contributed by atoms with van der Waals surface area (Å²) in [6, 6.07) is 12.4. The Kier molecular flexibility index (Phi) is 8.46. The Hall–Kier alpha value is -2.66. The number of carbonyl (C=O) groups excluding carboxylic acids is 2. The molecule has 1 fully saturated rings. The fourth-order valence-corrected chi connectivity index (χ4v) is 4.84. The van der Waals surface area contributed by atoms with Gasteiger partial charge in [0.2, 0.25) is 0 Å². The van der Waals surface area contributed by atoms with Gasteiger partial charge in [-0.1, -0.05) is 49.2 Å². The Morgan fingerprint density at radius 1 is 0.719 bits per heavy atom. The fraction of sp³-hybridized carbons (Fsp3) is 0.481. The van der Waals surface area contributed by atoms with Gasteiger partial charge in [-0.2, -0.15) is 0 Å². The number of aryl methyl sites for hydroxylation is 4. The van der Waals surface area contributed by atoms with Crippen molar-refractivity contribution in [3.63, 3.8) is 0 Å². The monoisotopic (exact) mass is 436 g/mol. The standard InChI is InChI=1S/C27H37N3O2/c1-19-11-9-12-20(2)26(19)28-24(31)17-30(23-15-7-5-6-8-16-23)18-25(32)29-27-21(3)13-10-14-22(27)4/h9-14,23H,5-8,15-18H2,1-4H3,(H,28,31)(H,29,32)/p+1. The molecule has 0 atom stereocenters. The largest absolute Gasteiger partial charge is 0.321 e. The number of para-hydroxylation sites is 2. The number of carbonyl (C=O) groups is 2. The number of quaternary nitrogens is 1. The molecular weight excluding hydrogens is 398 g/mol. The third-order valence-electron chi connectivity index (χ3n) is 6.70. The number of hydrogen-bond acceptors (Lipinski definition) is 2. The van der Waals surface area contributed by atoms with Crippen LogP contribution in [-0.2, 0) is 9.59 Å². The molecule has 1 saturated carbocycles. The molecule has 1 aliphatic rings. The number of anilines is 2. The van der Waals surface area contributed by atoms with Crippen molar-refractivity contribution in [2.24, 2.45) is 0 Å². The summed E-state index contributed by atoms with van der Waals surface area (Å²) in [5.74, 6) is -0.0527. The molecule has 2 aromatic carbocycles. The number of rotatable bonds is 7. The van der Waals surface area contributed by atoms with E-state index in [1.54, 1.807) is 0 Å². The van der Waals surface area contributed by atoms with Gasteiger partial charge in [0.25, 0.3) is 11.8 Å². The lowest BCUT2D eigenvalue weighted by atomic mass is 10.1. The van der Waals surface area contributed by atoms with E-state index in [9.17, 15) is 9.59 Å². The van der Waals surface area contributed by atoms with Crippen molar-refractivity contribution >= 4 is 23.2 Å². The van der Waals surface area contributed by atoms with Crippen LogP contribution in [0.25, 0.3) is 0 Å². The lowest BCUT2D eigenvalue weighted by Crippen LogP contribution is -3.17. The second kappa shape index (κ2) is 11.3. The topological polar surface area (TPSA) is 62.6 Å². The molecular formula is C27H38N3O2+. The molecule has 0 aliphatic heterocycles. The highest BCUT2D eigenvalue weighted by Gasteiger charge is 2.28. The molecule has 172 valence electrons. The number of amides is 2. The Morgan fingerprint density at radius 3 is 1.47 bits per heavy atom.